The first kappa shape index (κ1) is 19.9. The maximum absolute atomic E-state index is 5.63. The van der Waals surface area contributed by atoms with Gasteiger partial charge in [-0.1, -0.05) is 19.0 Å². The van der Waals surface area contributed by atoms with Crippen molar-refractivity contribution < 1.29 is 4.52 Å². The Morgan fingerprint density at radius 3 is 2.55 bits per heavy atom. The Morgan fingerprint density at radius 2 is 1.87 bits per heavy atom. The van der Waals surface area contributed by atoms with Crippen LogP contribution in [0.5, 0.6) is 0 Å². The van der Waals surface area contributed by atoms with Gasteiger partial charge in [-0.15, -0.1) is 0 Å². The average molecular weight is 420 g/mol. The predicted molar refractivity (Wildman–Crippen MR) is 119 cm³/mol. The number of aromatic nitrogens is 5. The minimum absolute atomic E-state index is 0.285. The Balaban J connectivity index is 1.38. The van der Waals surface area contributed by atoms with Gasteiger partial charge in [0.05, 0.1) is 11.4 Å². The molecule has 5 heterocycles. The van der Waals surface area contributed by atoms with E-state index in [1.807, 2.05) is 19.1 Å². The highest BCUT2D eigenvalue weighted by Crippen LogP contribution is 2.45. The fourth-order valence-corrected chi connectivity index (χ4v) is 4.94. The Kier molecular flexibility index (Phi) is 5.08. The second-order valence-corrected chi connectivity index (χ2v) is 9.04. The molecular formula is C23H29N7O. The largest absolute Gasteiger partial charge is 0.350 e. The zero-order chi connectivity index (χ0) is 21.5. The Bertz CT molecular complexity index is 1070. The van der Waals surface area contributed by atoms with Gasteiger partial charge in [0, 0.05) is 35.7 Å². The molecule has 2 bridgehead atoms. The SMILES string of the molecule is Cc1ncccc1Nc1ncnc(N2C3CCC2CC(c2nc(C(C)C)no2)C3)c1C. The van der Waals surface area contributed by atoms with Crippen LogP contribution in [0.25, 0.3) is 0 Å². The molecule has 2 fully saturated rings. The summed E-state index contributed by atoms with van der Waals surface area (Å²) in [4.78, 5) is 20.8. The molecule has 3 aromatic heterocycles. The van der Waals surface area contributed by atoms with E-state index in [1.54, 1.807) is 12.5 Å². The standard InChI is InChI=1S/C23H29N7O/c1-13(2)20-28-23(31-29-20)16-10-17-7-8-18(11-16)30(17)22-14(3)21(25-12-26-22)27-19-6-5-9-24-15(19)4/h5-6,9,12-13,16-18H,7-8,10-11H2,1-4H3,(H,25,26,27). The van der Waals surface area contributed by atoms with Crippen molar-refractivity contribution in [3.63, 3.8) is 0 Å². The highest BCUT2D eigenvalue weighted by molar-refractivity contribution is 5.66. The molecule has 0 saturated carbocycles. The third-order valence-corrected chi connectivity index (χ3v) is 6.62. The smallest absolute Gasteiger partial charge is 0.229 e. The van der Waals surface area contributed by atoms with Gasteiger partial charge in [0.2, 0.25) is 5.89 Å². The van der Waals surface area contributed by atoms with Crippen molar-refractivity contribution in [1.29, 1.82) is 0 Å². The van der Waals surface area contributed by atoms with Crippen LogP contribution in [0, 0.1) is 13.8 Å². The summed E-state index contributed by atoms with van der Waals surface area (Å²) in [6.45, 7) is 8.28. The molecule has 8 nitrogen and oxygen atoms in total. The monoisotopic (exact) mass is 419 g/mol. The van der Waals surface area contributed by atoms with Crippen molar-refractivity contribution >= 4 is 17.3 Å². The van der Waals surface area contributed by atoms with Crippen molar-refractivity contribution in [2.75, 3.05) is 10.2 Å². The summed E-state index contributed by atoms with van der Waals surface area (Å²) >= 11 is 0. The molecule has 5 rings (SSSR count). The number of aryl methyl sites for hydroxylation is 1. The molecule has 2 saturated heterocycles. The Hall–Kier alpha value is -3.03. The molecular weight excluding hydrogens is 390 g/mol. The number of nitrogens with zero attached hydrogens (tertiary/aromatic N) is 6. The normalized spacial score (nSPS) is 22.9. The molecule has 0 aliphatic carbocycles. The Labute approximate surface area is 182 Å². The van der Waals surface area contributed by atoms with E-state index >= 15 is 0 Å². The lowest BCUT2D eigenvalue weighted by atomic mass is 9.90. The molecule has 2 aliphatic heterocycles. The van der Waals surface area contributed by atoms with Crippen molar-refractivity contribution in [3.05, 3.63) is 47.6 Å². The van der Waals surface area contributed by atoms with E-state index in [4.69, 9.17) is 9.51 Å². The van der Waals surface area contributed by atoms with Crippen LogP contribution in [0.2, 0.25) is 0 Å². The molecule has 162 valence electrons. The van der Waals surface area contributed by atoms with Crippen LogP contribution >= 0.6 is 0 Å². The lowest BCUT2D eigenvalue weighted by molar-refractivity contribution is 0.304. The number of hydrogen-bond donors (Lipinski definition) is 1. The number of rotatable bonds is 5. The molecule has 8 heteroatoms. The van der Waals surface area contributed by atoms with Gasteiger partial charge in [-0.2, -0.15) is 4.98 Å². The molecule has 0 aromatic carbocycles. The summed E-state index contributed by atoms with van der Waals surface area (Å²) in [6.07, 6.45) is 7.83. The van der Waals surface area contributed by atoms with E-state index in [2.05, 4.69) is 51.1 Å². The number of anilines is 3. The van der Waals surface area contributed by atoms with Crippen LogP contribution in [0.4, 0.5) is 17.3 Å². The fraction of sp³-hybridized carbons (Fsp3) is 0.522. The Morgan fingerprint density at radius 1 is 1.10 bits per heavy atom. The van der Waals surface area contributed by atoms with E-state index in [0.717, 1.165) is 53.1 Å². The van der Waals surface area contributed by atoms with Crippen molar-refractivity contribution in [3.8, 4) is 0 Å². The first-order valence-electron chi connectivity index (χ1n) is 11.1. The predicted octanol–water partition coefficient (Wildman–Crippen LogP) is 4.65. The van der Waals surface area contributed by atoms with Crippen molar-refractivity contribution in [2.24, 2.45) is 0 Å². The highest BCUT2D eigenvalue weighted by Gasteiger charge is 2.44. The van der Waals surface area contributed by atoms with Gasteiger partial charge in [0.25, 0.3) is 0 Å². The topological polar surface area (TPSA) is 92.9 Å². The molecule has 31 heavy (non-hydrogen) atoms. The molecule has 2 atom stereocenters. The summed E-state index contributed by atoms with van der Waals surface area (Å²) in [5.41, 5.74) is 2.98. The third kappa shape index (κ3) is 3.64. The highest BCUT2D eigenvalue weighted by atomic mass is 16.5. The third-order valence-electron chi connectivity index (χ3n) is 6.62. The van der Waals surface area contributed by atoms with E-state index in [1.165, 1.54) is 12.8 Å². The number of nitrogens with one attached hydrogen (secondary N) is 1. The zero-order valence-corrected chi connectivity index (χ0v) is 18.5. The molecule has 0 spiro atoms. The maximum atomic E-state index is 5.63. The first-order valence-corrected chi connectivity index (χ1v) is 11.1. The lowest BCUT2D eigenvalue weighted by Crippen LogP contribution is -2.43. The zero-order valence-electron chi connectivity index (χ0n) is 18.5. The summed E-state index contributed by atoms with van der Waals surface area (Å²) in [7, 11) is 0. The first-order chi connectivity index (χ1) is 15.0. The van der Waals surface area contributed by atoms with Crippen LogP contribution < -0.4 is 10.2 Å². The molecule has 2 aliphatic rings. The summed E-state index contributed by atoms with van der Waals surface area (Å²) in [5.74, 6) is 4.07. The van der Waals surface area contributed by atoms with Crippen molar-refractivity contribution in [1.82, 2.24) is 25.1 Å². The van der Waals surface area contributed by atoms with Crippen LogP contribution in [-0.4, -0.2) is 37.2 Å². The van der Waals surface area contributed by atoms with E-state index < -0.39 is 0 Å². The van der Waals surface area contributed by atoms with E-state index in [-0.39, 0.29) is 5.92 Å². The minimum Gasteiger partial charge on any atom is -0.350 e. The van der Waals surface area contributed by atoms with Crippen LogP contribution in [-0.2, 0) is 0 Å². The second kappa shape index (κ2) is 7.90. The number of hydrogen-bond acceptors (Lipinski definition) is 8. The second-order valence-electron chi connectivity index (χ2n) is 9.04. The van der Waals surface area contributed by atoms with Gasteiger partial charge in [-0.3, -0.25) is 4.98 Å². The lowest BCUT2D eigenvalue weighted by Gasteiger charge is -2.39. The van der Waals surface area contributed by atoms with Crippen LogP contribution in [0.1, 0.15) is 74.3 Å². The molecule has 0 amide bonds. The summed E-state index contributed by atoms with van der Waals surface area (Å²) < 4.78 is 5.63. The van der Waals surface area contributed by atoms with Gasteiger partial charge in [-0.05, 0) is 51.7 Å². The van der Waals surface area contributed by atoms with Gasteiger partial charge < -0.3 is 14.7 Å². The van der Waals surface area contributed by atoms with E-state index in [9.17, 15) is 0 Å². The average Bonchev–Trinajstić information content (AvgIpc) is 3.34. The van der Waals surface area contributed by atoms with Crippen LogP contribution in [0.15, 0.2) is 29.2 Å². The number of fused-ring (bicyclic) bond motifs is 2. The molecule has 2 unspecified atom stereocenters. The van der Waals surface area contributed by atoms with Crippen LogP contribution in [0.3, 0.4) is 0 Å². The maximum Gasteiger partial charge on any atom is 0.229 e. The van der Waals surface area contributed by atoms with E-state index in [0.29, 0.717) is 18.0 Å². The summed E-state index contributed by atoms with van der Waals surface area (Å²) in [5, 5.41) is 7.62. The van der Waals surface area contributed by atoms with Gasteiger partial charge in [-0.25, -0.2) is 9.97 Å². The quantitative estimate of drug-likeness (QED) is 0.639. The van der Waals surface area contributed by atoms with Gasteiger partial charge in [0.15, 0.2) is 5.82 Å². The molecule has 0 radical (unpaired) electrons. The fourth-order valence-electron chi connectivity index (χ4n) is 4.94. The summed E-state index contributed by atoms with van der Waals surface area (Å²) in [6, 6.07) is 4.81. The number of piperidine rings is 1. The van der Waals surface area contributed by atoms with Crippen molar-refractivity contribution in [2.45, 2.75) is 77.3 Å². The minimum atomic E-state index is 0.285. The van der Waals surface area contributed by atoms with Gasteiger partial charge in [0.1, 0.15) is 18.0 Å². The number of pyridine rings is 1. The molecule has 3 aromatic rings. The van der Waals surface area contributed by atoms with Gasteiger partial charge >= 0.3 is 0 Å². The molecule has 1 N–H and O–H groups in total.